The van der Waals surface area contributed by atoms with E-state index in [0.29, 0.717) is 6.42 Å². The molecule has 5 heteroatoms. The Balaban J connectivity index is 2.21. The smallest absolute Gasteiger partial charge is 0.329 e. The van der Waals surface area contributed by atoms with Gasteiger partial charge in [0.2, 0.25) is 5.91 Å². The maximum atomic E-state index is 13.5. The number of carbonyl (C=O) groups is 2. The van der Waals surface area contributed by atoms with Gasteiger partial charge in [0, 0.05) is 5.92 Å². The van der Waals surface area contributed by atoms with Crippen molar-refractivity contribution in [2.45, 2.75) is 97.4 Å². The Bertz CT molecular complexity index is 767. The molecular weight excluding hydrogens is 400 g/mol. The van der Waals surface area contributed by atoms with E-state index in [2.05, 4.69) is 36.3 Å². The lowest BCUT2D eigenvalue weighted by molar-refractivity contribution is -0.159. The first-order valence-corrected chi connectivity index (χ1v) is 12.1. The first kappa shape index (κ1) is 26.1. The normalized spacial score (nSPS) is 22.1. The van der Waals surface area contributed by atoms with E-state index in [-0.39, 0.29) is 29.8 Å². The summed E-state index contributed by atoms with van der Waals surface area (Å²) in [6.45, 7) is 16.2. The minimum absolute atomic E-state index is 0.0325. The second kappa shape index (κ2) is 11.6. The molecule has 1 aliphatic rings. The number of unbranched alkanes of at least 4 members (excludes halogenated alkanes) is 2. The number of nitrogens with one attached hydrogen (secondary N) is 2. The Morgan fingerprint density at radius 1 is 1.16 bits per heavy atom. The highest BCUT2D eigenvalue weighted by Gasteiger charge is 2.42. The van der Waals surface area contributed by atoms with Crippen LogP contribution in [-0.4, -0.2) is 29.6 Å². The van der Waals surface area contributed by atoms with Crippen LogP contribution in [0.2, 0.25) is 0 Å². The van der Waals surface area contributed by atoms with E-state index >= 15 is 0 Å². The van der Waals surface area contributed by atoms with Gasteiger partial charge in [-0.05, 0) is 45.1 Å². The molecule has 0 spiro atoms. The van der Waals surface area contributed by atoms with Crippen LogP contribution in [0, 0.1) is 11.8 Å². The molecule has 2 N–H and O–H groups in total. The summed E-state index contributed by atoms with van der Waals surface area (Å²) in [5.41, 5.74) is 1.56. The molecule has 0 aromatic heterocycles. The highest BCUT2D eigenvalue weighted by Crippen LogP contribution is 2.38. The van der Waals surface area contributed by atoms with Gasteiger partial charge in [-0.15, -0.1) is 0 Å². The van der Waals surface area contributed by atoms with Crippen molar-refractivity contribution in [3.63, 3.8) is 0 Å². The molecule has 1 heterocycles. The van der Waals surface area contributed by atoms with Crippen LogP contribution in [0.4, 0.5) is 0 Å². The van der Waals surface area contributed by atoms with Crippen molar-refractivity contribution in [3.05, 3.63) is 48.0 Å². The summed E-state index contributed by atoms with van der Waals surface area (Å²) < 4.78 is 5.59. The van der Waals surface area contributed by atoms with Gasteiger partial charge in [0.25, 0.3) is 0 Å². The monoisotopic (exact) mass is 442 g/mol. The number of hydrogen-bond acceptors (Lipinski definition) is 4. The SMILES string of the molecule is C=C1[C@@H](c2ccccc2)N[C@@H](C(=O)N[C@@H](CC(C)C)C(=O)OC(C)(C)C)[C@H]1CCCCC. The molecule has 5 nitrogen and oxygen atoms in total. The molecule has 1 aromatic carbocycles. The highest BCUT2D eigenvalue weighted by molar-refractivity contribution is 5.88. The van der Waals surface area contributed by atoms with Crippen LogP contribution in [0.3, 0.4) is 0 Å². The molecule has 0 radical (unpaired) electrons. The lowest BCUT2D eigenvalue weighted by Gasteiger charge is -2.27. The molecule has 1 fully saturated rings. The number of hydrogen-bond donors (Lipinski definition) is 2. The van der Waals surface area contributed by atoms with Gasteiger partial charge in [-0.1, -0.05) is 82.5 Å². The lowest BCUT2D eigenvalue weighted by atomic mass is 9.87. The van der Waals surface area contributed by atoms with Gasteiger partial charge in [-0.25, -0.2) is 4.79 Å². The third kappa shape index (κ3) is 7.47. The predicted molar refractivity (Wildman–Crippen MR) is 130 cm³/mol. The predicted octanol–water partition coefficient (Wildman–Crippen LogP) is 5.32. The third-order valence-corrected chi connectivity index (χ3v) is 5.84. The van der Waals surface area contributed by atoms with Crippen LogP contribution in [0.5, 0.6) is 0 Å². The molecule has 0 aliphatic carbocycles. The van der Waals surface area contributed by atoms with Crippen LogP contribution in [0.15, 0.2) is 42.5 Å². The second-order valence-electron chi connectivity index (χ2n) is 10.4. The molecule has 1 amide bonds. The summed E-state index contributed by atoms with van der Waals surface area (Å²) in [4.78, 5) is 26.3. The number of rotatable bonds is 10. The molecule has 2 rings (SSSR count). The van der Waals surface area contributed by atoms with Crippen molar-refractivity contribution in [1.29, 1.82) is 0 Å². The maximum absolute atomic E-state index is 13.5. The lowest BCUT2D eigenvalue weighted by Crippen LogP contribution is -2.52. The zero-order valence-electron chi connectivity index (χ0n) is 20.7. The second-order valence-corrected chi connectivity index (χ2v) is 10.4. The molecule has 0 unspecified atom stereocenters. The van der Waals surface area contributed by atoms with E-state index in [1.807, 2.05) is 52.8 Å². The van der Waals surface area contributed by atoms with Crippen molar-refractivity contribution < 1.29 is 14.3 Å². The average molecular weight is 443 g/mol. The first-order valence-electron chi connectivity index (χ1n) is 12.1. The van der Waals surface area contributed by atoms with Gasteiger partial charge in [0.05, 0.1) is 12.1 Å². The number of amides is 1. The Kier molecular flexibility index (Phi) is 9.50. The summed E-state index contributed by atoms with van der Waals surface area (Å²) in [6.07, 6.45) is 4.75. The van der Waals surface area contributed by atoms with E-state index in [1.54, 1.807) is 0 Å². The molecular formula is C27H42N2O3. The van der Waals surface area contributed by atoms with Crippen molar-refractivity contribution in [3.8, 4) is 0 Å². The molecule has 1 aromatic rings. The highest BCUT2D eigenvalue weighted by atomic mass is 16.6. The molecule has 178 valence electrons. The molecule has 1 saturated heterocycles. The minimum Gasteiger partial charge on any atom is -0.458 e. The zero-order valence-corrected chi connectivity index (χ0v) is 20.7. The standard InChI is InChI=1S/C27H42N2O3/c1-8-9-11-16-21-19(4)23(20-14-12-10-13-15-20)29-24(21)25(30)28-22(17-18(2)3)26(31)32-27(5,6)7/h10,12-15,18,21-24,29H,4,8-9,11,16-17H2,1-3,5-7H3,(H,28,30)/t21-,22-,23-,24+/m0/s1. The Labute approximate surface area is 194 Å². The maximum Gasteiger partial charge on any atom is 0.329 e. The topological polar surface area (TPSA) is 67.4 Å². The minimum atomic E-state index is -0.663. The number of ether oxygens (including phenoxy) is 1. The van der Waals surface area contributed by atoms with Gasteiger partial charge in [-0.3, -0.25) is 10.1 Å². The van der Waals surface area contributed by atoms with Crippen molar-refractivity contribution in [1.82, 2.24) is 10.6 Å². The van der Waals surface area contributed by atoms with E-state index in [0.717, 1.165) is 36.8 Å². The fourth-order valence-corrected chi connectivity index (χ4v) is 4.33. The summed E-state index contributed by atoms with van der Waals surface area (Å²) in [6, 6.07) is 8.98. The number of benzene rings is 1. The third-order valence-electron chi connectivity index (χ3n) is 5.84. The van der Waals surface area contributed by atoms with Crippen molar-refractivity contribution >= 4 is 11.9 Å². The van der Waals surface area contributed by atoms with Crippen molar-refractivity contribution in [2.24, 2.45) is 11.8 Å². The van der Waals surface area contributed by atoms with Gasteiger partial charge >= 0.3 is 5.97 Å². The van der Waals surface area contributed by atoms with Gasteiger partial charge in [0.1, 0.15) is 11.6 Å². The van der Waals surface area contributed by atoms with E-state index < -0.39 is 17.7 Å². The van der Waals surface area contributed by atoms with Gasteiger partial charge < -0.3 is 10.1 Å². The van der Waals surface area contributed by atoms with Gasteiger partial charge in [0.15, 0.2) is 0 Å². The van der Waals surface area contributed by atoms with E-state index in [1.165, 1.54) is 0 Å². The largest absolute Gasteiger partial charge is 0.458 e. The summed E-state index contributed by atoms with van der Waals surface area (Å²) in [7, 11) is 0. The van der Waals surface area contributed by atoms with Crippen LogP contribution < -0.4 is 10.6 Å². The summed E-state index contributed by atoms with van der Waals surface area (Å²) in [5, 5.41) is 6.52. The number of esters is 1. The van der Waals surface area contributed by atoms with Gasteiger partial charge in [-0.2, -0.15) is 0 Å². The molecule has 1 aliphatic heterocycles. The molecule has 4 atom stereocenters. The Morgan fingerprint density at radius 2 is 1.81 bits per heavy atom. The first-order chi connectivity index (χ1) is 15.0. The zero-order chi connectivity index (χ0) is 23.9. The summed E-state index contributed by atoms with van der Waals surface area (Å²) >= 11 is 0. The Hall–Kier alpha value is -2.14. The molecule has 0 bridgehead atoms. The Morgan fingerprint density at radius 3 is 2.38 bits per heavy atom. The number of carbonyl (C=O) groups excluding carboxylic acids is 2. The van der Waals surface area contributed by atoms with Crippen molar-refractivity contribution in [2.75, 3.05) is 0 Å². The molecule has 32 heavy (non-hydrogen) atoms. The van der Waals surface area contributed by atoms with Crippen LogP contribution >= 0.6 is 0 Å². The molecule has 0 saturated carbocycles. The van der Waals surface area contributed by atoms with E-state index in [9.17, 15) is 9.59 Å². The fourth-order valence-electron chi connectivity index (χ4n) is 4.33. The van der Waals surface area contributed by atoms with Crippen LogP contribution in [0.25, 0.3) is 0 Å². The average Bonchev–Trinajstić information content (AvgIpc) is 3.03. The fraction of sp³-hybridized carbons (Fsp3) is 0.630. The van der Waals surface area contributed by atoms with Crippen LogP contribution in [-0.2, 0) is 14.3 Å². The summed E-state index contributed by atoms with van der Waals surface area (Å²) in [5.74, 6) is -0.247. The van der Waals surface area contributed by atoms with E-state index in [4.69, 9.17) is 4.74 Å². The quantitative estimate of drug-likeness (QED) is 0.292. The van der Waals surface area contributed by atoms with Crippen LogP contribution in [0.1, 0.15) is 85.3 Å².